The molecule has 2 aromatic rings. The molecule has 1 heterocycles. The highest BCUT2D eigenvalue weighted by Gasteiger charge is 1.95. The Hall–Kier alpha value is -2.23. The van der Waals surface area contributed by atoms with Crippen molar-refractivity contribution in [2.75, 3.05) is 12.3 Å². The number of nitrogen functional groups attached to an aromatic ring is 1. The van der Waals surface area contributed by atoms with Crippen LogP contribution < -0.4 is 15.9 Å². The molecule has 0 aliphatic carbocycles. The van der Waals surface area contributed by atoms with Gasteiger partial charge in [-0.2, -0.15) is 0 Å². The SMILES string of the molecule is Nc1cccc(OCCCn2ccc(=O)cc2)c1. The standard InChI is InChI=1S/C14H16N2O2/c15-12-3-1-4-14(11-12)18-10-2-7-16-8-5-13(17)6-9-16/h1,3-6,8-9,11H,2,7,10,15H2. The minimum Gasteiger partial charge on any atom is -0.493 e. The van der Waals surface area contributed by atoms with Gasteiger partial charge in [-0.25, -0.2) is 0 Å². The Morgan fingerprint density at radius 3 is 2.67 bits per heavy atom. The molecule has 0 amide bonds. The lowest BCUT2D eigenvalue weighted by atomic mass is 10.3. The first-order valence-corrected chi connectivity index (χ1v) is 5.88. The van der Waals surface area contributed by atoms with E-state index in [1.165, 1.54) is 0 Å². The van der Waals surface area contributed by atoms with Gasteiger partial charge >= 0.3 is 0 Å². The second kappa shape index (κ2) is 5.91. The number of ether oxygens (including phenoxy) is 1. The second-order valence-electron chi connectivity index (χ2n) is 4.05. The van der Waals surface area contributed by atoms with Crippen molar-refractivity contribution in [1.29, 1.82) is 0 Å². The van der Waals surface area contributed by atoms with E-state index in [1.54, 1.807) is 30.6 Å². The van der Waals surface area contributed by atoms with Crippen molar-refractivity contribution in [2.24, 2.45) is 0 Å². The monoisotopic (exact) mass is 244 g/mol. The summed E-state index contributed by atoms with van der Waals surface area (Å²) in [5.74, 6) is 0.787. The lowest BCUT2D eigenvalue weighted by molar-refractivity contribution is 0.302. The van der Waals surface area contributed by atoms with E-state index in [2.05, 4.69) is 0 Å². The molecule has 0 aliphatic rings. The zero-order chi connectivity index (χ0) is 12.8. The van der Waals surface area contributed by atoms with Crippen LogP contribution in [0.1, 0.15) is 6.42 Å². The van der Waals surface area contributed by atoms with Crippen LogP contribution in [0.4, 0.5) is 5.69 Å². The summed E-state index contributed by atoms with van der Waals surface area (Å²) in [6.07, 6.45) is 4.43. The first-order chi connectivity index (χ1) is 8.74. The summed E-state index contributed by atoms with van der Waals surface area (Å²) in [6.45, 7) is 1.44. The lowest BCUT2D eigenvalue weighted by Gasteiger charge is -2.08. The first-order valence-electron chi connectivity index (χ1n) is 5.88. The highest BCUT2D eigenvalue weighted by atomic mass is 16.5. The summed E-state index contributed by atoms with van der Waals surface area (Å²) in [7, 11) is 0. The van der Waals surface area contributed by atoms with Crippen LogP contribution in [0.5, 0.6) is 5.75 Å². The minimum absolute atomic E-state index is 0.0299. The van der Waals surface area contributed by atoms with Crippen LogP contribution in [-0.4, -0.2) is 11.2 Å². The van der Waals surface area contributed by atoms with Crippen LogP contribution in [0.15, 0.2) is 53.6 Å². The molecule has 2 rings (SSSR count). The second-order valence-corrected chi connectivity index (χ2v) is 4.05. The molecule has 4 heteroatoms. The number of hydrogen-bond donors (Lipinski definition) is 1. The van der Waals surface area contributed by atoms with Gasteiger partial charge in [-0.15, -0.1) is 0 Å². The number of rotatable bonds is 5. The zero-order valence-electron chi connectivity index (χ0n) is 10.1. The van der Waals surface area contributed by atoms with E-state index in [9.17, 15) is 4.79 Å². The molecule has 0 atom stereocenters. The molecule has 0 spiro atoms. The normalized spacial score (nSPS) is 10.2. The predicted octanol–water partition coefficient (Wildman–Crippen LogP) is 1.90. The summed E-state index contributed by atoms with van der Waals surface area (Å²) < 4.78 is 7.54. The molecule has 0 bridgehead atoms. The molecule has 0 radical (unpaired) electrons. The van der Waals surface area contributed by atoms with Crippen molar-refractivity contribution in [3.8, 4) is 5.75 Å². The van der Waals surface area contributed by atoms with Crippen LogP contribution in [0.25, 0.3) is 0 Å². The van der Waals surface area contributed by atoms with Gasteiger partial charge in [-0.05, 0) is 18.6 Å². The fourth-order valence-electron chi connectivity index (χ4n) is 1.63. The summed E-state index contributed by atoms with van der Waals surface area (Å²) in [5.41, 5.74) is 6.39. The van der Waals surface area contributed by atoms with Crippen LogP contribution in [0, 0.1) is 0 Å². The van der Waals surface area contributed by atoms with Gasteiger partial charge in [-0.1, -0.05) is 6.07 Å². The van der Waals surface area contributed by atoms with E-state index in [0.29, 0.717) is 12.3 Å². The summed E-state index contributed by atoms with van der Waals surface area (Å²) in [5, 5.41) is 0. The quantitative estimate of drug-likeness (QED) is 0.645. The third-order valence-corrected chi connectivity index (χ3v) is 2.55. The molecule has 4 nitrogen and oxygen atoms in total. The van der Waals surface area contributed by atoms with Crippen LogP contribution in [0.3, 0.4) is 0 Å². The molecule has 0 fully saturated rings. The van der Waals surface area contributed by atoms with Gasteiger partial charge in [0.1, 0.15) is 5.75 Å². The summed E-state index contributed by atoms with van der Waals surface area (Å²) >= 11 is 0. The average molecular weight is 244 g/mol. The molecular formula is C14H16N2O2. The van der Waals surface area contributed by atoms with E-state index in [4.69, 9.17) is 10.5 Å². The van der Waals surface area contributed by atoms with Crippen molar-refractivity contribution < 1.29 is 4.74 Å². The van der Waals surface area contributed by atoms with Gasteiger partial charge in [0.2, 0.25) is 0 Å². The fourth-order valence-corrected chi connectivity index (χ4v) is 1.63. The van der Waals surface area contributed by atoms with Gasteiger partial charge in [0, 0.05) is 42.8 Å². The summed E-state index contributed by atoms with van der Waals surface area (Å²) in [6, 6.07) is 10.5. The Balaban J connectivity index is 1.76. The molecule has 18 heavy (non-hydrogen) atoms. The highest BCUT2D eigenvalue weighted by Crippen LogP contribution is 2.14. The lowest BCUT2D eigenvalue weighted by Crippen LogP contribution is -2.07. The Kier molecular flexibility index (Phi) is 4.02. The van der Waals surface area contributed by atoms with Crippen LogP contribution in [-0.2, 0) is 6.54 Å². The Labute approximate surface area is 106 Å². The maximum Gasteiger partial charge on any atom is 0.181 e. The average Bonchev–Trinajstić information content (AvgIpc) is 2.37. The first kappa shape index (κ1) is 12.2. The van der Waals surface area contributed by atoms with Crippen LogP contribution >= 0.6 is 0 Å². The number of nitrogens with two attached hydrogens (primary N) is 1. The van der Waals surface area contributed by atoms with E-state index >= 15 is 0 Å². The van der Waals surface area contributed by atoms with Gasteiger partial charge < -0.3 is 15.0 Å². The topological polar surface area (TPSA) is 57.2 Å². The van der Waals surface area contributed by atoms with E-state index < -0.39 is 0 Å². The molecular weight excluding hydrogens is 228 g/mol. The number of hydrogen-bond acceptors (Lipinski definition) is 3. The molecule has 1 aromatic heterocycles. The van der Waals surface area contributed by atoms with Gasteiger partial charge in [0.25, 0.3) is 0 Å². The highest BCUT2D eigenvalue weighted by molar-refractivity contribution is 5.43. The van der Waals surface area contributed by atoms with Crippen molar-refractivity contribution in [2.45, 2.75) is 13.0 Å². The maximum atomic E-state index is 10.9. The molecule has 94 valence electrons. The van der Waals surface area contributed by atoms with Gasteiger partial charge in [-0.3, -0.25) is 4.79 Å². The third-order valence-electron chi connectivity index (χ3n) is 2.55. The van der Waals surface area contributed by atoms with E-state index in [1.807, 2.05) is 22.8 Å². The molecule has 1 aromatic carbocycles. The molecule has 2 N–H and O–H groups in total. The molecule has 0 saturated heterocycles. The van der Waals surface area contributed by atoms with Gasteiger partial charge in [0.15, 0.2) is 5.43 Å². The zero-order valence-corrected chi connectivity index (χ0v) is 10.1. The fraction of sp³-hybridized carbons (Fsp3) is 0.214. The van der Waals surface area contributed by atoms with Crippen molar-refractivity contribution in [3.63, 3.8) is 0 Å². The Morgan fingerprint density at radius 1 is 1.17 bits per heavy atom. The molecule has 0 aliphatic heterocycles. The van der Waals surface area contributed by atoms with Crippen molar-refractivity contribution in [1.82, 2.24) is 4.57 Å². The Morgan fingerprint density at radius 2 is 1.94 bits per heavy atom. The number of pyridine rings is 1. The molecule has 0 saturated carbocycles. The van der Waals surface area contributed by atoms with Gasteiger partial charge in [0.05, 0.1) is 6.61 Å². The minimum atomic E-state index is 0.0299. The number of aryl methyl sites for hydroxylation is 1. The van der Waals surface area contributed by atoms with Crippen molar-refractivity contribution >= 4 is 5.69 Å². The number of benzene rings is 1. The smallest absolute Gasteiger partial charge is 0.181 e. The number of nitrogens with zero attached hydrogens (tertiary/aromatic N) is 1. The number of aromatic nitrogens is 1. The maximum absolute atomic E-state index is 10.9. The Bertz CT molecular complexity index is 543. The third kappa shape index (κ3) is 3.66. The molecule has 0 unspecified atom stereocenters. The number of anilines is 1. The largest absolute Gasteiger partial charge is 0.493 e. The van der Waals surface area contributed by atoms with Crippen LogP contribution in [0.2, 0.25) is 0 Å². The summed E-state index contributed by atoms with van der Waals surface area (Å²) in [4.78, 5) is 10.9. The van der Waals surface area contributed by atoms with E-state index in [-0.39, 0.29) is 5.43 Å². The predicted molar refractivity (Wildman–Crippen MR) is 71.7 cm³/mol. The van der Waals surface area contributed by atoms with E-state index in [0.717, 1.165) is 18.7 Å². The van der Waals surface area contributed by atoms with Crippen molar-refractivity contribution in [3.05, 3.63) is 59.0 Å².